The number of rotatable bonds is 7. The Labute approximate surface area is 161 Å². The van der Waals surface area contributed by atoms with Gasteiger partial charge in [0.25, 0.3) is 11.6 Å². The number of non-ortho nitro benzene ring substituents is 1. The van der Waals surface area contributed by atoms with Gasteiger partial charge in [0.05, 0.1) is 17.7 Å². The van der Waals surface area contributed by atoms with Crippen molar-refractivity contribution in [3.8, 4) is 5.75 Å². The minimum atomic E-state index is -0.470. The number of amides is 1. The Hall–Kier alpha value is -3.30. The average molecular weight is 383 g/mol. The van der Waals surface area contributed by atoms with Crippen LogP contribution in [-0.2, 0) is 4.79 Å². The van der Waals surface area contributed by atoms with Crippen molar-refractivity contribution in [3.05, 3.63) is 69.8 Å². The van der Waals surface area contributed by atoms with E-state index < -0.39 is 11.0 Å². The SMILES string of the molecule is CCOc1cccc(C2CC(C(=O)N/N=C/c3ccc([N+](=O)[O-])cc3)NN2)c1. The van der Waals surface area contributed by atoms with Crippen LogP contribution >= 0.6 is 0 Å². The van der Waals surface area contributed by atoms with Gasteiger partial charge in [-0.2, -0.15) is 5.10 Å². The van der Waals surface area contributed by atoms with E-state index in [0.29, 0.717) is 18.6 Å². The van der Waals surface area contributed by atoms with Gasteiger partial charge in [0, 0.05) is 18.2 Å². The van der Waals surface area contributed by atoms with Gasteiger partial charge in [-0.25, -0.2) is 16.3 Å². The summed E-state index contributed by atoms with van der Waals surface area (Å²) in [6.45, 7) is 2.53. The van der Waals surface area contributed by atoms with Crippen LogP contribution in [0.2, 0.25) is 0 Å². The monoisotopic (exact) mass is 383 g/mol. The van der Waals surface area contributed by atoms with E-state index in [4.69, 9.17) is 4.74 Å². The molecule has 0 radical (unpaired) electrons. The fraction of sp³-hybridized carbons (Fsp3) is 0.263. The van der Waals surface area contributed by atoms with E-state index >= 15 is 0 Å². The Bertz CT molecular complexity index is 869. The highest BCUT2D eigenvalue weighted by Gasteiger charge is 2.30. The van der Waals surface area contributed by atoms with Crippen molar-refractivity contribution in [2.45, 2.75) is 25.4 Å². The Balaban J connectivity index is 1.53. The molecule has 1 aliphatic rings. The van der Waals surface area contributed by atoms with Crippen molar-refractivity contribution in [2.75, 3.05) is 6.61 Å². The number of hydrazine groups is 1. The van der Waals surface area contributed by atoms with Crippen LogP contribution in [0.4, 0.5) is 5.69 Å². The number of nitro benzene ring substituents is 1. The minimum absolute atomic E-state index is 0.00173. The molecule has 0 spiro atoms. The molecule has 1 aliphatic heterocycles. The van der Waals surface area contributed by atoms with Gasteiger partial charge in [0.2, 0.25) is 0 Å². The average Bonchev–Trinajstić information content (AvgIpc) is 3.19. The largest absolute Gasteiger partial charge is 0.494 e. The fourth-order valence-corrected chi connectivity index (χ4v) is 2.86. The van der Waals surface area contributed by atoms with Crippen LogP contribution in [0.25, 0.3) is 0 Å². The quantitative estimate of drug-likeness (QED) is 0.383. The molecular formula is C19H21N5O4. The fourth-order valence-electron chi connectivity index (χ4n) is 2.86. The summed E-state index contributed by atoms with van der Waals surface area (Å²) in [5, 5.41) is 14.6. The Morgan fingerprint density at radius 2 is 2.11 bits per heavy atom. The topological polar surface area (TPSA) is 118 Å². The van der Waals surface area contributed by atoms with Crippen LogP contribution in [0.15, 0.2) is 53.6 Å². The lowest BCUT2D eigenvalue weighted by Crippen LogP contribution is -2.41. The first kappa shape index (κ1) is 19.5. The molecule has 2 aromatic rings. The summed E-state index contributed by atoms with van der Waals surface area (Å²) in [5.74, 6) is 0.525. The highest BCUT2D eigenvalue weighted by molar-refractivity contribution is 5.85. The van der Waals surface area contributed by atoms with Crippen molar-refractivity contribution in [2.24, 2.45) is 5.10 Å². The number of hydrazone groups is 1. The van der Waals surface area contributed by atoms with Crippen molar-refractivity contribution >= 4 is 17.8 Å². The highest BCUT2D eigenvalue weighted by atomic mass is 16.6. The van der Waals surface area contributed by atoms with Crippen LogP contribution in [0.1, 0.15) is 30.5 Å². The third kappa shape index (κ3) is 4.90. The van der Waals surface area contributed by atoms with E-state index in [1.54, 1.807) is 12.1 Å². The van der Waals surface area contributed by atoms with Gasteiger partial charge in [-0.15, -0.1) is 0 Å². The number of nitro groups is 1. The molecule has 3 rings (SSSR count). The van der Waals surface area contributed by atoms with Gasteiger partial charge in [-0.1, -0.05) is 12.1 Å². The third-order valence-corrected chi connectivity index (χ3v) is 4.28. The molecule has 9 nitrogen and oxygen atoms in total. The number of benzene rings is 2. The second-order valence-corrected chi connectivity index (χ2v) is 6.22. The first-order chi connectivity index (χ1) is 13.6. The number of hydrogen-bond donors (Lipinski definition) is 3. The Morgan fingerprint density at radius 1 is 1.32 bits per heavy atom. The summed E-state index contributed by atoms with van der Waals surface area (Å²) in [5.41, 5.74) is 10.3. The molecule has 146 valence electrons. The first-order valence-electron chi connectivity index (χ1n) is 8.88. The molecule has 0 aromatic heterocycles. The molecule has 0 saturated carbocycles. The number of carbonyl (C=O) groups is 1. The van der Waals surface area contributed by atoms with Gasteiger partial charge in [-0.05, 0) is 48.7 Å². The zero-order valence-electron chi connectivity index (χ0n) is 15.3. The van der Waals surface area contributed by atoms with Gasteiger partial charge in [-0.3, -0.25) is 14.9 Å². The summed E-state index contributed by atoms with van der Waals surface area (Å²) >= 11 is 0. The number of ether oxygens (including phenoxy) is 1. The second kappa shape index (κ2) is 9.07. The van der Waals surface area contributed by atoms with Crippen LogP contribution < -0.4 is 21.0 Å². The minimum Gasteiger partial charge on any atom is -0.494 e. The van der Waals surface area contributed by atoms with E-state index in [9.17, 15) is 14.9 Å². The molecular weight excluding hydrogens is 362 g/mol. The molecule has 1 amide bonds. The Kier molecular flexibility index (Phi) is 6.30. The van der Waals surface area contributed by atoms with E-state index in [-0.39, 0.29) is 17.6 Å². The molecule has 1 saturated heterocycles. The zero-order chi connectivity index (χ0) is 19.9. The van der Waals surface area contributed by atoms with Crippen molar-refractivity contribution in [1.82, 2.24) is 16.3 Å². The molecule has 2 aromatic carbocycles. The van der Waals surface area contributed by atoms with Crippen LogP contribution in [-0.4, -0.2) is 29.7 Å². The predicted octanol–water partition coefficient (Wildman–Crippen LogP) is 2.05. The van der Waals surface area contributed by atoms with Crippen molar-refractivity contribution < 1.29 is 14.5 Å². The number of carbonyl (C=O) groups excluding carboxylic acids is 1. The van der Waals surface area contributed by atoms with Gasteiger partial charge in [0.15, 0.2) is 0 Å². The normalized spacial score (nSPS) is 18.9. The lowest BCUT2D eigenvalue weighted by molar-refractivity contribution is -0.384. The van der Waals surface area contributed by atoms with Crippen LogP contribution in [0.5, 0.6) is 5.75 Å². The first-order valence-corrected chi connectivity index (χ1v) is 8.88. The van der Waals surface area contributed by atoms with Gasteiger partial charge >= 0.3 is 0 Å². The lowest BCUT2D eigenvalue weighted by atomic mass is 10.0. The van der Waals surface area contributed by atoms with E-state index in [1.165, 1.54) is 18.3 Å². The molecule has 28 heavy (non-hydrogen) atoms. The maximum Gasteiger partial charge on any atom is 0.269 e. The predicted molar refractivity (Wildman–Crippen MR) is 104 cm³/mol. The van der Waals surface area contributed by atoms with E-state index in [2.05, 4.69) is 21.4 Å². The zero-order valence-corrected chi connectivity index (χ0v) is 15.3. The molecule has 2 unspecified atom stereocenters. The van der Waals surface area contributed by atoms with Gasteiger partial charge < -0.3 is 4.74 Å². The molecule has 1 heterocycles. The maximum absolute atomic E-state index is 12.3. The molecule has 0 aliphatic carbocycles. The summed E-state index contributed by atoms with van der Waals surface area (Å²) < 4.78 is 5.51. The summed E-state index contributed by atoms with van der Waals surface area (Å²) in [4.78, 5) is 22.5. The third-order valence-electron chi connectivity index (χ3n) is 4.28. The molecule has 1 fully saturated rings. The van der Waals surface area contributed by atoms with E-state index in [0.717, 1.165) is 11.3 Å². The van der Waals surface area contributed by atoms with Crippen LogP contribution in [0.3, 0.4) is 0 Å². The van der Waals surface area contributed by atoms with Crippen LogP contribution in [0, 0.1) is 10.1 Å². The number of hydrogen-bond acceptors (Lipinski definition) is 7. The second-order valence-electron chi connectivity index (χ2n) is 6.22. The highest BCUT2D eigenvalue weighted by Crippen LogP contribution is 2.25. The summed E-state index contributed by atoms with van der Waals surface area (Å²) in [7, 11) is 0. The summed E-state index contributed by atoms with van der Waals surface area (Å²) in [6.07, 6.45) is 2.00. The standard InChI is InChI=1S/C19H21N5O4/c1-2-28-16-5-3-4-14(10-16)17-11-18(22-21-17)19(25)23-20-12-13-6-8-15(9-7-13)24(26)27/h3-10,12,17-18,21-22H,2,11H2,1H3,(H,23,25)/b20-12+. The van der Waals surface area contributed by atoms with Crippen molar-refractivity contribution in [3.63, 3.8) is 0 Å². The van der Waals surface area contributed by atoms with Gasteiger partial charge in [0.1, 0.15) is 11.8 Å². The van der Waals surface area contributed by atoms with Crippen molar-refractivity contribution in [1.29, 1.82) is 0 Å². The lowest BCUT2D eigenvalue weighted by Gasteiger charge is -2.11. The van der Waals surface area contributed by atoms with E-state index in [1.807, 2.05) is 31.2 Å². The number of nitrogens with zero attached hydrogens (tertiary/aromatic N) is 2. The molecule has 9 heteroatoms. The molecule has 3 N–H and O–H groups in total. The maximum atomic E-state index is 12.3. The Morgan fingerprint density at radius 3 is 2.82 bits per heavy atom. The number of nitrogens with one attached hydrogen (secondary N) is 3. The summed E-state index contributed by atoms with van der Waals surface area (Å²) in [6, 6.07) is 13.2. The molecule has 2 atom stereocenters. The smallest absolute Gasteiger partial charge is 0.269 e. The molecule has 0 bridgehead atoms.